The number of carbonyl (C=O) groups excluding carboxylic acids is 2. The van der Waals surface area contributed by atoms with Gasteiger partial charge in [-0.2, -0.15) is 0 Å². The van der Waals surface area contributed by atoms with Crippen LogP contribution in [0.2, 0.25) is 0 Å². The van der Waals surface area contributed by atoms with E-state index in [1.807, 2.05) is 37.3 Å². The lowest BCUT2D eigenvalue weighted by molar-refractivity contribution is -0.147. The zero-order chi connectivity index (χ0) is 21.7. The van der Waals surface area contributed by atoms with Crippen LogP contribution >= 0.6 is 11.3 Å². The normalized spacial score (nSPS) is 12.0. The van der Waals surface area contributed by atoms with Crippen LogP contribution in [-0.2, 0) is 20.7 Å². The van der Waals surface area contributed by atoms with Gasteiger partial charge in [-0.1, -0.05) is 37.3 Å². The first-order valence-corrected chi connectivity index (χ1v) is 10.6. The highest BCUT2D eigenvalue weighted by Gasteiger charge is 2.24. The lowest BCUT2D eigenvalue weighted by Gasteiger charge is -2.13. The van der Waals surface area contributed by atoms with Gasteiger partial charge in [-0.3, -0.25) is 9.36 Å². The molecule has 0 aliphatic heterocycles. The average Bonchev–Trinajstić information content (AvgIpc) is 3.09. The molecule has 7 nitrogen and oxygen atoms in total. The highest BCUT2D eigenvalue weighted by molar-refractivity contribution is 7.20. The number of benzene rings is 1. The predicted octanol–water partition coefficient (Wildman–Crippen LogP) is 3.68. The summed E-state index contributed by atoms with van der Waals surface area (Å²) in [5, 5.41) is 0.327. The van der Waals surface area contributed by atoms with Gasteiger partial charge in [0.25, 0.3) is 5.56 Å². The van der Waals surface area contributed by atoms with Crippen LogP contribution in [0.3, 0.4) is 0 Å². The van der Waals surface area contributed by atoms with Crippen molar-refractivity contribution in [1.29, 1.82) is 0 Å². The largest absolute Gasteiger partial charge is 0.464 e. The van der Waals surface area contributed by atoms with Crippen LogP contribution in [-0.4, -0.2) is 34.7 Å². The van der Waals surface area contributed by atoms with E-state index in [1.165, 1.54) is 10.9 Å². The molecule has 0 aliphatic rings. The second-order valence-corrected chi connectivity index (χ2v) is 7.91. The molecule has 0 N–H and O–H groups in total. The molecule has 1 unspecified atom stereocenters. The number of thiophene rings is 1. The molecule has 30 heavy (non-hydrogen) atoms. The average molecular weight is 429 g/mol. The topological polar surface area (TPSA) is 87.5 Å². The lowest BCUT2D eigenvalue weighted by atomic mass is 10.2. The summed E-state index contributed by atoms with van der Waals surface area (Å²) >= 11 is 1.12. The molecule has 1 atom stereocenters. The van der Waals surface area contributed by atoms with E-state index in [9.17, 15) is 14.4 Å². The Balaban J connectivity index is 1.79. The van der Waals surface area contributed by atoms with Gasteiger partial charge < -0.3 is 9.47 Å². The Morgan fingerprint density at radius 1 is 1.17 bits per heavy atom. The number of hydrogen-bond donors (Lipinski definition) is 0. The van der Waals surface area contributed by atoms with Crippen molar-refractivity contribution in [2.75, 3.05) is 13.2 Å². The highest BCUT2D eigenvalue weighted by Crippen LogP contribution is 2.28. The first kappa shape index (κ1) is 21.7. The number of fused-ring (bicyclic) bond motifs is 1. The van der Waals surface area contributed by atoms with E-state index >= 15 is 0 Å². The summed E-state index contributed by atoms with van der Waals surface area (Å²) in [5.41, 5.74) is 1.21. The van der Waals surface area contributed by atoms with E-state index in [1.54, 1.807) is 13.8 Å². The molecule has 1 aromatic carbocycles. The number of hydrogen-bond acceptors (Lipinski definition) is 7. The number of aryl methyl sites for hydroxylation is 1. The molecule has 0 saturated heterocycles. The van der Waals surface area contributed by atoms with Crippen LogP contribution in [0.4, 0.5) is 0 Å². The zero-order valence-electron chi connectivity index (χ0n) is 17.2. The highest BCUT2D eigenvalue weighted by atomic mass is 32.1. The third kappa shape index (κ3) is 4.59. The Morgan fingerprint density at radius 3 is 2.60 bits per heavy atom. The van der Waals surface area contributed by atoms with Crippen LogP contribution in [0.15, 0.2) is 41.5 Å². The first-order chi connectivity index (χ1) is 14.4. The van der Waals surface area contributed by atoms with Crippen molar-refractivity contribution < 1.29 is 19.1 Å². The molecule has 0 saturated carbocycles. The van der Waals surface area contributed by atoms with Crippen molar-refractivity contribution in [3.05, 3.63) is 63.0 Å². The molecule has 2 aromatic heterocycles. The van der Waals surface area contributed by atoms with Gasteiger partial charge in [0, 0.05) is 6.42 Å². The van der Waals surface area contributed by atoms with E-state index in [0.29, 0.717) is 40.1 Å². The summed E-state index contributed by atoms with van der Waals surface area (Å²) in [4.78, 5) is 42.8. The van der Waals surface area contributed by atoms with Crippen molar-refractivity contribution >= 4 is 33.5 Å². The molecule has 8 heteroatoms. The summed E-state index contributed by atoms with van der Waals surface area (Å²) in [7, 11) is 0. The summed E-state index contributed by atoms with van der Waals surface area (Å²) < 4.78 is 11.8. The van der Waals surface area contributed by atoms with Crippen molar-refractivity contribution in [3.63, 3.8) is 0 Å². The van der Waals surface area contributed by atoms with Gasteiger partial charge in [-0.25, -0.2) is 14.6 Å². The van der Waals surface area contributed by atoms with Crippen LogP contribution < -0.4 is 5.56 Å². The number of aromatic nitrogens is 2. The van der Waals surface area contributed by atoms with Crippen LogP contribution in [0, 0.1) is 6.92 Å². The standard InChI is InChI=1S/C22H24N2O5S/c1-4-11-28-21(26)15(3)24-13-23-19-17(20(24)25)14(2)18(30-19)22(27)29-12-10-16-8-6-5-7-9-16/h5-9,13,15H,4,10-12H2,1-3H3. The molecule has 2 heterocycles. The maximum atomic E-state index is 13.0. The zero-order valence-corrected chi connectivity index (χ0v) is 18.0. The second kappa shape index (κ2) is 9.67. The molecule has 0 bridgehead atoms. The van der Waals surface area contributed by atoms with Gasteiger partial charge in [0.2, 0.25) is 0 Å². The molecule has 3 aromatic rings. The lowest BCUT2D eigenvalue weighted by Crippen LogP contribution is -2.29. The molecule has 158 valence electrons. The van der Waals surface area contributed by atoms with Crippen molar-refractivity contribution in [3.8, 4) is 0 Å². The Morgan fingerprint density at radius 2 is 1.90 bits per heavy atom. The minimum atomic E-state index is -0.804. The predicted molar refractivity (Wildman–Crippen MR) is 115 cm³/mol. The maximum absolute atomic E-state index is 13.0. The summed E-state index contributed by atoms with van der Waals surface area (Å²) in [6, 6.07) is 8.93. The van der Waals surface area contributed by atoms with E-state index < -0.39 is 18.0 Å². The minimum absolute atomic E-state index is 0.245. The number of esters is 2. The van der Waals surface area contributed by atoms with Gasteiger partial charge >= 0.3 is 11.9 Å². The minimum Gasteiger partial charge on any atom is -0.464 e. The fraction of sp³-hybridized carbons (Fsp3) is 0.364. The molecular weight excluding hydrogens is 404 g/mol. The number of ether oxygens (including phenoxy) is 2. The second-order valence-electron chi connectivity index (χ2n) is 6.91. The van der Waals surface area contributed by atoms with Crippen molar-refractivity contribution in [2.45, 2.75) is 39.7 Å². The van der Waals surface area contributed by atoms with Crippen LogP contribution in [0.1, 0.15) is 47.1 Å². The van der Waals surface area contributed by atoms with Gasteiger partial charge in [0.05, 0.1) is 24.9 Å². The van der Waals surface area contributed by atoms with E-state index in [0.717, 1.165) is 16.9 Å². The maximum Gasteiger partial charge on any atom is 0.348 e. The Kier molecular flexibility index (Phi) is 6.99. The van der Waals surface area contributed by atoms with Crippen LogP contribution in [0.5, 0.6) is 0 Å². The number of nitrogens with zero attached hydrogens (tertiary/aromatic N) is 2. The van der Waals surface area contributed by atoms with E-state index in [4.69, 9.17) is 9.47 Å². The Bertz CT molecular complexity index is 1100. The van der Waals surface area contributed by atoms with Crippen LogP contribution in [0.25, 0.3) is 10.2 Å². The van der Waals surface area contributed by atoms with E-state index in [2.05, 4.69) is 4.98 Å². The quantitative estimate of drug-likeness (QED) is 0.509. The SMILES string of the molecule is CCCOC(=O)C(C)n1cnc2sc(C(=O)OCCc3ccccc3)c(C)c2c1=O. The molecule has 3 rings (SSSR count). The fourth-order valence-corrected chi connectivity index (χ4v) is 4.05. The fourth-order valence-electron chi connectivity index (χ4n) is 3.02. The molecule has 0 spiro atoms. The first-order valence-electron chi connectivity index (χ1n) is 9.82. The molecule has 0 amide bonds. The third-order valence-corrected chi connectivity index (χ3v) is 5.91. The number of rotatable bonds is 8. The smallest absolute Gasteiger partial charge is 0.348 e. The Labute approximate surface area is 178 Å². The van der Waals surface area contributed by atoms with Gasteiger partial charge in [0.1, 0.15) is 15.7 Å². The summed E-state index contributed by atoms with van der Waals surface area (Å²) in [6.45, 7) is 5.72. The summed E-state index contributed by atoms with van der Waals surface area (Å²) in [6.07, 6.45) is 2.63. The van der Waals surface area contributed by atoms with Crippen molar-refractivity contribution in [1.82, 2.24) is 9.55 Å². The summed E-state index contributed by atoms with van der Waals surface area (Å²) in [5.74, 6) is -0.971. The third-order valence-electron chi connectivity index (χ3n) is 4.73. The molecule has 0 aliphatic carbocycles. The Hall–Kier alpha value is -3.00. The van der Waals surface area contributed by atoms with Crippen molar-refractivity contribution in [2.24, 2.45) is 0 Å². The number of carbonyl (C=O) groups is 2. The molecule has 0 radical (unpaired) electrons. The molecule has 0 fully saturated rings. The van der Waals surface area contributed by atoms with Gasteiger partial charge in [-0.15, -0.1) is 11.3 Å². The van der Waals surface area contributed by atoms with Gasteiger partial charge in [0.15, 0.2) is 0 Å². The molecular formula is C22H24N2O5S. The monoisotopic (exact) mass is 428 g/mol. The van der Waals surface area contributed by atoms with Gasteiger partial charge in [-0.05, 0) is 31.4 Å². The van der Waals surface area contributed by atoms with E-state index in [-0.39, 0.29) is 12.2 Å².